The van der Waals surface area contributed by atoms with E-state index in [4.69, 9.17) is 5.11 Å². The van der Waals surface area contributed by atoms with Gasteiger partial charge in [0.15, 0.2) is 0 Å². The molecule has 3 N–H and O–H groups in total. The van der Waals surface area contributed by atoms with E-state index in [0.717, 1.165) is 22.0 Å². The van der Waals surface area contributed by atoms with Crippen molar-refractivity contribution in [2.24, 2.45) is 0 Å². The van der Waals surface area contributed by atoms with E-state index in [9.17, 15) is 4.79 Å². The zero-order valence-corrected chi connectivity index (χ0v) is 15.5. The number of nitrogens with one attached hydrogen (secondary N) is 2. The lowest BCUT2D eigenvalue weighted by Crippen LogP contribution is -2.27. The predicted octanol–water partition coefficient (Wildman–Crippen LogP) is 3.08. The lowest BCUT2D eigenvalue weighted by Gasteiger charge is -2.14. The number of aromatic nitrogens is 1. The number of anilines is 1. The first kappa shape index (κ1) is 18.4. The summed E-state index contributed by atoms with van der Waals surface area (Å²) in [6.07, 6.45) is 0. The van der Waals surface area contributed by atoms with Gasteiger partial charge in [-0.3, -0.25) is 4.79 Å². The van der Waals surface area contributed by atoms with Crippen LogP contribution in [0.1, 0.15) is 47.4 Å². The fourth-order valence-electron chi connectivity index (χ4n) is 2.26. The van der Waals surface area contributed by atoms with Crippen molar-refractivity contribution < 1.29 is 9.90 Å². The van der Waals surface area contributed by atoms with E-state index in [1.54, 1.807) is 17.4 Å². The van der Waals surface area contributed by atoms with Crippen LogP contribution in [0.4, 0.5) is 5.69 Å². The molecule has 0 bridgehead atoms. The van der Waals surface area contributed by atoms with Gasteiger partial charge in [-0.05, 0) is 24.6 Å². The van der Waals surface area contributed by atoms with Gasteiger partial charge in [-0.1, -0.05) is 26.8 Å². The van der Waals surface area contributed by atoms with Crippen molar-refractivity contribution in [2.75, 3.05) is 18.5 Å². The molecule has 0 aliphatic carbocycles. The van der Waals surface area contributed by atoms with Gasteiger partial charge in [-0.25, -0.2) is 4.98 Å². The van der Waals surface area contributed by atoms with Crippen LogP contribution in [-0.4, -0.2) is 29.1 Å². The number of aliphatic hydroxyl groups is 1. The molecule has 2 rings (SSSR count). The molecule has 0 saturated heterocycles. The highest BCUT2D eigenvalue weighted by Gasteiger charge is 2.18. The average Bonchev–Trinajstić information content (AvgIpc) is 3.01. The Hall–Kier alpha value is -1.92. The molecule has 1 aromatic heterocycles. The third kappa shape index (κ3) is 4.55. The van der Waals surface area contributed by atoms with Crippen molar-refractivity contribution in [2.45, 2.75) is 39.7 Å². The van der Waals surface area contributed by atoms with Gasteiger partial charge in [0, 0.05) is 28.6 Å². The topological polar surface area (TPSA) is 74.2 Å². The molecule has 0 atom stereocenters. The monoisotopic (exact) mass is 347 g/mol. The number of thiazole rings is 1. The second-order valence-electron chi connectivity index (χ2n) is 6.71. The SMILES string of the molecule is Cc1c(NCc2csc(C(C)(C)C)n2)cccc1C(=O)NCCO. The Morgan fingerprint density at radius 2 is 2.08 bits per heavy atom. The minimum Gasteiger partial charge on any atom is -0.395 e. The van der Waals surface area contributed by atoms with Crippen molar-refractivity contribution >= 4 is 22.9 Å². The Morgan fingerprint density at radius 1 is 1.33 bits per heavy atom. The van der Waals surface area contributed by atoms with Crippen LogP contribution in [0.15, 0.2) is 23.6 Å². The number of aliphatic hydroxyl groups excluding tert-OH is 1. The Kier molecular flexibility index (Phi) is 5.96. The average molecular weight is 347 g/mol. The predicted molar refractivity (Wildman–Crippen MR) is 98.7 cm³/mol. The van der Waals surface area contributed by atoms with Gasteiger partial charge < -0.3 is 15.7 Å². The number of rotatable bonds is 6. The molecule has 0 radical (unpaired) electrons. The summed E-state index contributed by atoms with van der Waals surface area (Å²) in [6, 6.07) is 5.59. The molecule has 1 heterocycles. The fraction of sp³-hybridized carbons (Fsp3) is 0.444. The molecule has 6 heteroatoms. The third-order valence-corrected chi connectivity index (χ3v) is 4.95. The molecule has 2 aromatic rings. The number of hydrogen-bond acceptors (Lipinski definition) is 5. The maximum atomic E-state index is 12.1. The largest absolute Gasteiger partial charge is 0.395 e. The molecular weight excluding hydrogens is 322 g/mol. The van der Waals surface area contributed by atoms with E-state index in [-0.39, 0.29) is 24.5 Å². The minimum absolute atomic E-state index is 0.0591. The first-order chi connectivity index (χ1) is 11.3. The van der Waals surface area contributed by atoms with Crippen LogP contribution >= 0.6 is 11.3 Å². The van der Waals surface area contributed by atoms with Crippen LogP contribution in [0.2, 0.25) is 0 Å². The van der Waals surface area contributed by atoms with Gasteiger partial charge in [0.05, 0.1) is 23.9 Å². The molecule has 0 aliphatic rings. The first-order valence-electron chi connectivity index (χ1n) is 8.00. The molecule has 1 aromatic carbocycles. The summed E-state index contributed by atoms with van der Waals surface area (Å²) in [7, 11) is 0. The lowest BCUT2D eigenvalue weighted by atomic mass is 9.98. The van der Waals surface area contributed by atoms with Crippen molar-refractivity contribution in [3.63, 3.8) is 0 Å². The Morgan fingerprint density at radius 3 is 2.71 bits per heavy atom. The number of hydrogen-bond donors (Lipinski definition) is 3. The van der Waals surface area contributed by atoms with E-state index in [0.29, 0.717) is 12.1 Å². The second kappa shape index (κ2) is 7.77. The van der Waals surface area contributed by atoms with Gasteiger partial charge in [0.25, 0.3) is 5.91 Å². The number of nitrogens with zero attached hydrogens (tertiary/aromatic N) is 1. The van der Waals surface area contributed by atoms with Crippen LogP contribution in [0.25, 0.3) is 0 Å². The lowest BCUT2D eigenvalue weighted by molar-refractivity contribution is 0.0944. The van der Waals surface area contributed by atoms with Gasteiger partial charge in [-0.2, -0.15) is 0 Å². The molecule has 0 fully saturated rings. The van der Waals surface area contributed by atoms with Gasteiger partial charge in [0.2, 0.25) is 0 Å². The quantitative estimate of drug-likeness (QED) is 0.751. The first-order valence-corrected chi connectivity index (χ1v) is 8.88. The van der Waals surface area contributed by atoms with Gasteiger partial charge in [0.1, 0.15) is 0 Å². The van der Waals surface area contributed by atoms with Crippen molar-refractivity contribution in [1.29, 1.82) is 0 Å². The minimum atomic E-state index is -0.172. The molecule has 0 aliphatic heterocycles. The Bertz CT molecular complexity index is 705. The van der Waals surface area contributed by atoms with E-state index < -0.39 is 0 Å². The van der Waals surface area contributed by atoms with Crippen LogP contribution in [-0.2, 0) is 12.0 Å². The zero-order valence-electron chi connectivity index (χ0n) is 14.6. The number of carbonyl (C=O) groups excluding carboxylic acids is 1. The maximum absolute atomic E-state index is 12.1. The summed E-state index contributed by atoms with van der Waals surface area (Å²) >= 11 is 1.67. The summed E-state index contributed by atoms with van der Waals surface area (Å²) in [6.45, 7) is 9.19. The summed E-state index contributed by atoms with van der Waals surface area (Å²) in [5.41, 5.74) is 3.47. The Labute approximate surface area is 147 Å². The fourth-order valence-corrected chi connectivity index (χ4v) is 3.16. The van der Waals surface area contributed by atoms with E-state index in [1.165, 1.54) is 0 Å². The molecule has 1 amide bonds. The second-order valence-corrected chi connectivity index (χ2v) is 7.56. The maximum Gasteiger partial charge on any atom is 0.251 e. The summed E-state index contributed by atoms with van der Waals surface area (Å²) < 4.78 is 0. The number of carbonyl (C=O) groups is 1. The molecule has 130 valence electrons. The van der Waals surface area contributed by atoms with Crippen molar-refractivity contribution in [3.05, 3.63) is 45.4 Å². The zero-order chi connectivity index (χ0) is 17.7. The molecule has 0 spiro atoms. The Balaban J connectivity index is 2.08. The molecule has 0 saturated carbocycles. The number of amides is 1. The van der Waals surface area contributed by atoms with Crippen molar-refractivity contribution in [3.8, 4) is 0 Å². The highest BCUT2D eigenvalue weighted by atomic mass is 32.1. The standard InChI is InChI=1S/C18H25N3O2S/c1-12-14(16(23)19-8-9-22)6-5-7-15(12)20-10-13-11-24-17(21-13)18(2,3)4/h5-7,11,20,22H,8-10H2,1-4H3,(H,19,23). The number of benzene rings is 1. The summed E-state index contributed by atoms with van der Waals surface area (Å²) in [5, 5.41) is 18.1. The van der Waals surface area contributed by atoms with Crippen LogP contribution in [0.5, 0.6) is 0 Å². The normalized spacial score (nSPS) is 11.4. The van der Waals surface area contributed by atoms with Gasteiger partial charge in [-0.15, -0.1) is 11.3 Å². The van der Waals surface area contributed by atoms with Crippen molar-refractivity contribution in [1.82, 2.24) is 10.3 Å². The highest BCUT2D eigenvalue weighted by molar-refractivity contribution is 7.09. The molecule has 24 heavy (non-hydrogen) atoms. The van der Waals surface area contributed by atoms with Crippen LogP contribution in [0, 0.1) is 6.92 Å². The van der Waals surface area contributed by atoms with Gasteiger partial charge >= 0.3 is 0 Å². The van der Waals surface area contributed by atoms with E-state index in [1.807, 2.05) is 19.1 Å². The molecule has 5 nitrogen and oxygen atoms in total. The highest BCUT2D eigenvalue weighted by Crippen LogP contribution is 2.26. The van der Waals surface area contributed by atoms with Crippen LogP contribution in [0.3, 0.4) is 0 Å². The molecular formula is C18H25N3O2S. The molecule has 0 unspecified atom stereocenters. The van der Waals surface area contributed by atoms with E-state index >= 15 is 0 Å². The smallest absolute Gasteiger partial charge is 0.251 e. The summed E-state index contributed by atoms with van der Waals surface area (Å²) in [4.78, 5) is 16.8. The third-order valence-electron chi connectivity index (χ3n) is 3.63. The summed E-state index contributed by atoms with van der Waals surface area (Å²) in [5.74, 6) is -0.172. The van der Waals surface area contributed by atoms with E-state index in [2.05, 4.69) is 41.8 Å². The van der Waals surface area contributed by atoms with Crippen LogP contribution < -0.4 is 10.6 Å².